The van der Waals surface area contributed by atoms with E-state index < -0.39 is 0 Å². The van der Waals surface area contributed by atoms with Crippen LogP contribution in [0.25, 0.3) is 0 Å². The Morgan fingerprint density at radius 3 is 2.62 bits per heavy atom. The van der Waals surface area contributed by atoms with Gasteiger partial charge in [0.1, 0.15) is 0 Å². The lowest BCUT2D eigenvalue weighted by Gasteiger charge is -2.07. The van der Waals surface area contributed by atoms with E-state index in [9.17, 15) is 0 Å². The number of rotatable bonds is 1. The molecular weight excluding hydrogens is 206 g/mol. The number of pyridine rings is 1. The molecule has 2 rings (SSSR count). The predicted octanol–water partition coefficient (Wildman–Crippen LogP) is 1.02. The second-order valence-corrected chi connectivity index (χ2v) is 3.10. The average Bonchev–Trinajstić information content (AvgIpc) is 2.54. The summed E-state index contributed by atoms with van der Waals surface area (Å²) in [6, 6.07) is 4.29. The van der Waals surface area contributed by atoms with Crippen molar-refractivity contribution in [2.24, 2.45) is 0 Å². The van der Waals surface area contributed by atoms with Crippen molar-refractivity contribution in [1.82, 2.24) is 15.6 Å². The summed E-state index contributed by atoms with van der Waals surface area (Å²) in [6.07, 6.45) is 3.58. The van der Waals surface area contributed by atoms with E-state index in [1.54, 1.807) is 12.4 Å². The number of hydrogen-bond donors (Lipinski definition) is 2. The highest BCUT2D eigenvalue weighted by Crippen LogP contribution is 2.13. The lowest BCUT2D eigenvalue weighted by Crippen LogP contribution is -2.21. The Labute approximate surface area is 88.4 Å². The van der Waals surface area contributed by atoms with Crippen LogP contribution in [0.4, 0.5) is 0 Å². The summed E-state index contributed by atoms with van der Waals surface area (Å²) >= 11 is 4.96. The largest absolute Gasteiger partial charge is 0.360 e. The molecule has 1 aliphatic rings. The fraction of sp³-hybridized carbons (Fsp3) is 0.250. The third-order valence-corrected chi connectivity index (χ3v) is 2.14. The SMILES string of the molecule is Cl.S=C1NCC(c2ccncc2)N1. The van der Waals surface area contributed by atoms with Crippen molar-refractivity contribution in [2.45, 2.75) is 6.04 Å². The smallest absolute Gasteiger partial charge is 0.166 e. The first kappa shape index (κ1) is 10.2. The molecule has 0 saturated carbocycles. The molecule has 2 N–H and O–H groups in total. The van der Waals surface area contributed by atoms with Gasteiger partial charge in [0.2, 0.25) is 0 Å². The Kier molecular flexibility index (Phi) is 3.45. The second-order valence-electron chi connectivity index (χ2n) is 2.69. The van der Waals surface area contributed by atoms with Crippen LogP contribution in [0.15, 0.2) is 24.5 Å². The maximum absolute atomic E-state index is 4.96. The fourth-order valence-electron chi connectivity index (χ4n) is 1.25. The van der Waals surface area contributed by atoms with Crippen LogP contribution in [-0.2, 0) is 0 Å². The van der Waals surface area contributed by atoms with E-state index >= 15 is 0 Å². The van der Waals surface area contributed by atoms with Gasteiger partial charge in [0.05, 0.1) is 6.04 Å². The topological polar surface area (TPSA) is 37.0 Å². The molecule has 1 unspecified atom stereocenters. The lowest BCUT2D eigenvalue weighted by atomic mass is 10.1. The van der Waals surface area contributed by atoms with Gasteiger partial charge in [-0.05, 0) is 29.9 Å². The Balaban J connectivity index is 0.000000845. The van der Waals surface area contributed by atoms with Crippen molar-refractivity contribution in [2.75, 3.05) is 6.54 Å². The van der Waals surface area contributed by atoms with Crippen molar-refractivity contribution < 1.29 is 0 Å². The quantitative estimate of drug-likeness (QED) is 0.687. The maximum Gasteiger partial charge on any atom is 0.166 e. The van der Waals surface area contributed by atoms with Crippen LogP contribution < -0.4 is 10.6 Å². The van der Waals surface area contributed by atoms with Gasteiger partial charge >= 0.3 is 0 Å². The Morgan fingerprint density at radius 2 is 2.08 bits per heavy atom. The third-order valence-electron chi connectivity index (χ3n) is 1.88. The molecule has 1 aromatic heterocycles. The van der Waals surface area contributed by atoms with Crippen LogP contribution in [0.1, 0.15) is 11.6 Å². The second kappa shape index (κ2) is 4.39. The van der Waals surface area contributed by atoms with E-state index in [0.29, 0.717) is 6.04 Å². The Bertz CT molecular complexity index is 291. The van der Waals surface area contributed by atoms with Crippen LogP contribution in [0.2, 0.25) is 0 Å². The average molecular weight is 216 g/mol. The fourth-order valence-corrected chi connectivity index (χ4v) is 1.48. The van der Waals surface area contributed by atoms with Gasteiger partial charge in [-0.1, -0.05) is 0 Å². The molecule has 1 aliphatic heterocycles. The molecule has 0 aliphatic carbocycles. The van der Waals surface area contributed by atoms with Gasteiger partial charge in [0.15, 0.2) is 5.11 Å². The van der Waals surface area contributed by atoms with Crippen molar-refractivity contribution >= 4 is 29.7 Å². The molecule has 1 fully saturated rings. The Morgan fingerprint density at radius 1 is 1.38 bits per heavy atom. The summed E-state index contributed by atoms with van der Waals surface area (Å²) < 4.78 is 0. The summed E-state index contributed by atoms with van der Waals surface area (Å²) in [7, 11) is 0. The predicted molar refractivity (Wildman–Crippen MR) is 58.0 cm³/mol. The molecule has 1 atom stereocenters. The number of halogens is 1. The summed E-state index contributed by atoms with van der Waals surface area (Å²) in [4.78, 5) is 3.95. The molecule has 0 bridgehead atoms. The zero-order chi connectivity index (χ0) is 8.39. The van der Waals surface area contributed by atoms with Crippen LogP contribution in [0, 0.1) is 0 Å². The van der Waals surface area contributed by atoms with Crippen LogP contribution >= 0.6 is 24.6 Å². The monoisotopic (exact) mass is 215 g/mol. The molecule has 0 aromatic carbocycles. The third kappa shape index (κ3) is 2.29. The van der Waals surface area contributed by atoms with E-state index in [4.69, 9.17) is 12.2 Å². The summed E-state index contributed by atoms with van der Waals surface area (Å²) in [5.74, 6) is 0. The highest BCUT2D eigenvalue weighted by molar-refractivity contribution is 7.80. The number of nitrogens with zero attached hydrogens (tertiary/aromatic N) is 1. The summed E-state index contributed by atoms with van der Waals surface area (Å²) in [6.45, 7) is 0.864. The van der Waals surface area contributed by atoms with Crippen LogP contribution in [0.3, 0.4) is 0 Å². The molecular formula is C8H10ClN3S. The van der Waals surface area contributed by atoms with Crippen molar-refractivity contribution in [3.05, 3.63) is 30.1 Å². The Hall–Kier alpha value is -0.870. The van der Waals surface area contributed by atoms with Gasteiger partial charge in [-0.15, -0.1) is 12.4 Å². The molecule has 0 spiro atoms. The van der Waals surface area contributed by atoms with E-state index in [-0.39, 0.29) is 12.4 Å². The molecule has 0 amide bonds. The molecule has 1 aromatic rings. The molecule has 2 heterocycles. The van der Waals surface area contributed by atoms with Gasteiger partial charge in [-0.3, -0.25) is 4.98 Å². The number of nitrogens with one attached hydrogen (secondary N) is 2. The van der Waals surface area contributed by atoms with E-state index in [0.717, 1.165) is 11.7 Å². The lowest BCUT2D eigenvalue weighted by molar-refractivity contribution is 0.706. The zero-order valence-corrected chi connectivity index (χ0v) is 8.49. The minimum absolute atomic E-state index is 0. The van der Waals surface area contributed by atoms with Gasteiger partial charge in [0, 0.05) is 18.9 Å². The molecule has 5 heteroatoms. The standard InChI is InChI=1S/C8H9N3S.ClH/c12-8-10-5-7(11-8)6-1-3-9-4-2-6;/h1-4,7H,5H2,(H2,10,11,12);1H. The van der Waals surface area contributed by atoms with Crippen LogP contribution in [0.5, 0.6) is 0 Å². The highest BCUT2D eigenvalue weighted by Gasteiger charge is 2.18. The van der Waals surface area contributed by atoms with Gasteiger partial charge in [0.25, 0.3) is 0 Å². The van der Waals surface area contributed by atoms with Gasteiger partial charge in [-0.2, -0.15) is 0 Å². The van der Waals surface area contributed by atoms with Gasteiger partial charge < -0.3 is 10.6 Å². The molecule has 3 nitrogen and oxygen atoms in total. The summed E-state index contributed by atoms with van der Waals surface area (Å²) in [5.41, 5.74) is 1.22. The normalized spacial score (nSPS) is 20.0. The molecule has 70 valence electrons. The number of aromatic nitrogens is 1. The first-order chi connectivity index (χ1) is 5.86. The number of hydrogen-bond acceptors (Lipinski definition) is 2. The minimum Gasteiger partial charge on any atom is -0.360 e. The van der Waals surface area contributed by atoms with E-state index in [1.807, 2.05) is 12.1 Å². The minimum atomic E-state index is 0. The van der Waals surface area contributed by atoms with E-state index in [1.165, 1.54) is 5.56 Å². The van der Waals surface area contributed by atoms with Crippen molar-refractivity contribution in [3.63, 3.8) is 0 Å². The number of thiocarbonyl (C=S) groups is 1. The van der Waals surface area contributed by atoms with E-state index in [2.05, 4.69) is 15.6 Å². The van der Waals surface area contributed by atoms with Crippen LogP contribution in [-0.4, -0.2) is 16.6 Å². The zero-order valence-electron chi connectivity index (χ0n) is 6.86. The first-order valence-electron chi connectivity index (χ1n) is 3.80. The molecule has 1 saturated heterocycles. The van der Waals surface area contributed by atoms with Crippen molar-refractivity contribution in [1.29, 1.82) is 0 Å². The highest BCUT2D eigenvalue weighted by atomic mass is 35.5. The molecule has 13 heavy (non-hydrogen) atoms. The summed E-state index contributed by atoms with van der Waals surface area (Å²) in [5, 5.41) is 6.96. The van der Waals surface area contributed by atoms with Gasteiger partial charge in [-0.25, -0.2) is 0 Å². The van der Waals surface area contributed by atoms with Crippen molar-refractivity contribution in [3.8, 4) is 0 Å². The maximum atomic E-state index is 4.96. The molecule has 0 radical (unpaired) electrons. The first-order valence-corrected chi connectivity index (χ1v) is 4.21.